The number of piperidine rings is 1. The fourth-order valence-corrected chi connectivity index (χ4v) is 4.88. The summed E-state index contributed by atoms with van der Waals surface area (Å²) in [7, 11) is 1.65. The molecule has 0 spiro atoms. The fourth-order valence-electron chi connectivity index (χ4n) is 4.88. The van der Waals surface area contributed by atoms with Gasteiger partial charge in [-0.05, 0) is 61.9 Å². The zero-order chi connectivity index (χ0) is 29.7. The Kier molecular flexibility index (Phi) is 9.00. The van der Waals surface area contributed by atoms with Crippen LogP contribution in [0.4, 0.5) is 16.3 Å². The lowest BCUT2D eigenvalue weighted by atomic mass is 9.90. The Morgan fingerprint density at radius 1 is 1.07 bits per heavy atom. The monoisotopic (exact) mass is 558 g/mol. The summed E-state index contributed by atoms with van der Waals surface area (Å²) in [6, 6.07) is 17.5. The van der Waals surface area contributed by atoms with Gasteiger partial charge in [-0.1, -0.05) is 50.6 Å². The Hall–Kier alpha value is -4.34. The molecular formula is C31H42N8O2. The largest absolute Gasteiger partial charge is 0.370 e. The van der Waals surface area contributed by atoms with E-state index in [-0.39, 0.29) is 29.9 Å². The number of likely N-dealkylation sites (N-methyl/N-ethyl adjacent to an activating group) is 1. The molecule has 0 aliphatic carbocycles. The van der Waals surface area contributed by atoms with Crippen LogP contribution in [0.1, 0.15) is 50.4 Å². The molecule has 5 N–H and O–H groups in total. The average Bonchev–Trinajstić information content (AvgIpc) is 3.34. The van der Waals surface area contributed by atoms with E-state index in [1.54, 1.807) is 11.7 Å². The molecule has 0 saturated carbocycles. The molecule has 1 saturated heterocycles. The quantitative estimate of drug-likeness (QED) is 0.246. The number of carbonyl (C=O) groups excluding carboxylic acids is 2. The fraction of sp³-hybridized carbons (Fsp3) is 0.419. The second-order valence-electron chi connectivity index (χ2n) is 12.0. The van der Waals surface area contributed by atoms with Crippen molar-refractivity contribution in [2.45, 2.75) is 52.4 Å². The van der Waals surface area contributed by atoms with Gasteiger partial charge >= 0.3 is 6.03 Å². The van der Waals surface area contributed by atoms with Crippen molar-refractivity contribution in [2.75, 3.05) is 37.3 Å². The number of amides is 3. The molecule has 0 bridgehead atoms. The second kappa shape index (κ2) is 12.4. The molecule has 0 atom stereocenters. The molecule has 218 valence electrons. The van der Waals surface area contributed by atoms with Crippen molar-refractivity contribution in [2.24, 2.45) is 11.7 Å². The van der Waals surface area contributed by atoms with Crippen molar-refractivity contribution in [1.82, 2.24) is 19.6 Å². The van der Waals surface area contributed by atoms with Gasteiger partial charge in [0.25, 0.3) is 0 Å². The summed E-state index contributed by atoms with van der Waals surface area (Å²) in [6.07, 6.45) is 2.70. The van der Waals surface area contributed by atoms with Gasteiger partial charge < -0.3 is 20.9 Å². The predicted octanol–water partition coefficient (Wildman–Crippen LogP) is 4.73. The van der Waals surface area contributed by atoms with Gasteiger partial charge in [0, 0.05) is 37.3 Å². The number of aryl methyl sites for hydroxylation is 1. The van der Waals surface area contributed by atoms with E-state index in [0.29, 0.717) is 24.8 Å². The molecule has 3 amide bonds. The maximum Gasteiger partial charge on any atom is 0.324 e. The third-order valence-electron chi connectivity index (χ3n) is 7.46. The summed E-state index contributed by atoms with van der Waals surface area (Å²) in [5.41, 5.74) is 10.1. The molecule has 10 heteroatoms. The third kappa shape index (κ3) is 7.87. The number of hydrogen-bond acceptors (Lipinski definition) is 4. The maximum absolute atomic E-state index is 13.1. The van der Waals surface area contributed by atoms with Crippen LogP contribution in [0.3, 0.4) is 0 Å². The number of urea groups is 1. The van der Waals surface area contributed by atoms with Gasteiger partial charge in [-0.15, -0.1) is 0 Å². The lowest BCUT2D eigenvalue weighted by molar-refractivity contribution is -0.132. The van der Waals surface area contributed by atoms with E-state index in [0.717, 1.165) is 47.5 Å². The van der Waals surface area contributed by atoms with E-state index >= 15 is 0 Å². The number of hydrogen-bond donors (Lipinski definition) is 4. The second-order valence-corrected chi connectivity index (χ2v) is 12.0. The van der Waals surface area contributed by atoms with Crippen LogP contribution >= 0.6 is 0 Å². The highest BCUT2D eigenvalue weighted by molar-refractivity contribution is 5.99. The van der Waals surface area contributed by atoms with Crippen LogP contribution in [0.5, 0.6) is 0 Å². The maximum atomic E-state index is 13.1. The molecule has 1 aliphatic heterocycles. The number of guanidine groups is 1. The zero-order valence-electron chi connectivity index (χ0n) is 24.7. The van der Waals surface area contributed by atoms with Crippen LogP contribution in [0.15, 0.2) is 54.6 Å². The van der Waals surface area contributed by atoms with Crippen molar-refractivity contribution >= 4 is 29.4 Å². The van der Waals surface area contributed by atoms with Crippen molar-refractivity contribution in [3.05, 3.63) is 71.4 Å². The average molecular weight is 559 g/mol. The van der Waals surface area contributed by atoms with E-state index in [1.165, 1.54) is 4.90 Å². The molecule has 10 nitrogen and oxygen atoms in total. The molecule has 2 heterocycles. The first-order valence-corrected chi connectivity index (χ1v) is 14.1. The Bertz CT molecular complexity index is 1380. The molecule has 2 aromatic carbocycles. The topological polar surface area (TPSA) is 132 Å². The summed E-state index contributed by atoms with van der Waals surface area (Å²) >= 11 is 0. The van der Waals surface area contributed by atoms with Crippen LogP contribution < -0.4 is 16.4 Å². The van der Waals surface area contributed by atoms with Crippen molar-refractivity contribution in [3.8, 4) is 5.69 Å². The highest BCUT2D eigenvalue weighted by atomic mass is 16.2. The number of likely N-dealkylation sites (tertiary alicyclic amines) is 1. The number of aromatic nitrogens is 2. The van der Waals surface area contributed by atoms with Crippen LogP contribution in [-0.2, 0) is 16.6 Å². The van der Waals surface area contributed by atoms with Gasteiger partial charge in [0.1, 0.15) is 5.82 Å². The smallest absolute Gasteiger partial charge is 0.324 e. The third-order valence-corrected chi connectivity index (χ3v) is 7.46. The van der Waals surface area contributed by atoms with E-state index < -0.39 is 0 Å². The Balaban J connectivity index is 1.36. The predicted molar refractivity (Wildman–Crippen MR) is 164 cm³/mol. The van der Waals surface area contributed by atoms with E-state index in [9.17, 15) is 9.59 Å². The molecule has 4 rings (SSSR count). The van der Waals surface area contributed by atoms with Crippen molar-refractivity contribution in [3.63, 3.8) is 0 Å². The van der Waals surface area contributed by atoms with E-state index in [4.69, 9.17) is 16.2 Å². The first-order valence-electron chi connectivity index (χ1n) is 14.1. The highest BCUT2D eigenvalue weighted by Gasteiger charge is 2.24. The zero-order valence-corrected chi connectivity index (χ0v) is 24.7. The molecule has 1 aromatic heterocycles. The summed E-state index contributed by atoms with van der Waals surface area (Å²) in [6.45, 7) is 9.84. The molecule has 1 aliphatic rings. The highest BCUT2D eigenvalue weighted by Crippen LogP contribution is 2.27. The lowest BCUT2D eigenvalue weighted by Crippen LogP contribution is -2.46. The number of nitrogens with zero attached hydrogens (tertiary/aromatic N) is 4. The molecule has 1 fully saturated rings. The number of carbonyl (C=O) groups is 2. The minimum Gasteiger partial charge on any atom is -0.370 e. The summed E-state index contributed by atoms with van der Waals surface area (Å²) in [4.78, 5) is 28.9. The number of nitrogens with two attached hydrogens (primary N) is 1. The lowest BCUT2D eigenvalue weighted by Gasteiger charge is -2.33. The van der Waals surface area contributed by atoms with E-state index in [2.05, 4.69) is 37.5 Å². The van der Waals surface area contributed by atoms with E-state index in [1.807, 2.05) is 60.4 Å². The standard InChI is InChI=1S/C31H42N8O2/c1-21-9-11-25(12-10-21)39-27(19-26(36-39)31(2,3)4)35-30(41)34-24-8-6-7-23(18-24)17-22-13-15-38(16-14-22)28(40)20-37(5)29(32)33/h6-12,18-19,22H,13-17,20H2,1-5H3,(H3,32,33)(H2,34,35,41). The minimum absolute atomic E-state index is 0.00305. The number of benzene rings is 2. The minimum atomic E-state index is -0.335. The Labute approximate surface area is 242 Å². The van der Waals surface area contributed by atoms with Crippen molar-refractivity contribution in [1.29, 1.82) is 5.41 Å². The summed E-state index contributed by atoms with van der Waals surface area (Å²) in [5, 5.41) is 18.2. The van der Waals surface area contributed by atoms with Gasteiger partial charge in [-0.25, -0.2) is 9.48 Å². The van der Waals surface area contributed by atoms with Gasteiger partial charge in [-0.2, -0.15) is 5.10 Å². The number of rotatable bonds is 7. The Morgan fingerprint density at radius 3 is 2.39 bits per heavy atom. The van der Waals surface area contributed by atoms with Crippen molar-refractivity contribution < 1.29 is 9.59 Å². The molecular weight excluding hydrogens is 516 g/mol. The first kappa shape index (κ1) is 29.6. The molecule has 0 radical (unpaired) electrons. The van der Waals surface area contributed by atoms with Gasteiger partial charge in [0.15, 0.2) is 5.96 Å². The molecule has 0 unspecified atom stereocenters. The van der Waals surface area contributed by atoms with Gasteiger partial charge in [-0.3, -0.25) is 15.5 Å². The molecule has 41 heavy (non-hydrogen) atoms. The molecule has 3 aromatic rings. The van der Waals surface area contributed by atoms with Crippen LogP contribution in [-0.4, -0.2) is 64.2 Å². The summed E-state index contributed by atoms with van der Waals surface area (Å²) in [5.74, 6) is 0.940. The van der Waals surface area contributed by atoms with Crippen LogP contribution in [0, 0.1) is 18.3 Å². The SMILES string of the molecule is Cc1ccc(-n2nc(C(C)(C)C)cc2NC(=O)Nc2cccc(CC3CCN(C(=O)CN(C)C(=N)N)CC3)c2)cc1. The van der Waals surface area contributed by atoms with Crippen LogP contribution in [0.2, 0.25) is 0 Å². The van der Waals surface area contributed by atoms with Crippen LogP contribution in [0.25, 0.3) is 5.69 Å². The Morgan fingerprint density at radius 2 is 1.76 bits per heavy atom. The van der Waals surface area contributed by atoms with Gasteiger partial charge in [0.2, 0.25) is 5.91 Å². The normalized spacial score (nSPS) is 14.0. The number of anilines is 2. The van der Waals surface area contributed by atoms with Gasteiger partial charge in [0.05, 0.1) is 17.9 Å². The first-order chi connectivity index (χ1) is 19.4. The number of nitrogens with one attached hydrogen (secondary N) is 3. The summed E-state index contributed by atoms with van der Waals surface area (Å²) < 4.78 is 1.77.